The third-order valence-corrected chi connectivity index (χ3v) is 10.6. The average Bonchev–Trinajstić information content (AvgIpc) is 3.21. The molecule has 7 rings (SSSR count). The van der Waals surface area contributed by atoms with Crippen LogP contribution in [0.15, 0.2) is 53.9 Å². The van der Waals surface area contributed by atoms with E-state index < -0.39 is 53.5 Å². The number of urea groups is 1. The number of hydrogen-bond donors (Lipinski definition) is 5. The summed E-state index contributed by atoms with van der Waals surface area (Å²) in [7, 11) is 0. The average molecular weight is 909 g/mol. The fourth-order valence-corrected chi connectivity index (χ4v) is 7.50. The van der Waals surface area contributed by atoms with Gasteiger partial charge < -0.3 is 30.5 Å². The van der Waals surface area contributed by atoms with Gasteiger partial charge in [-0.25, -0.2) is 56.5 Å². The van der Waals surface area contributed by atoms with Crippen molar-refractivity contribution in [2.75, 3.05) is 60.9 Å². The van der Waals surface area contributed by atoms with Gasteiger partial charge in [-0.15, -0.1) is 0 Å². The highest BCUT2D eigenvalue weighted by molar-refractivity contribution is 6.15. The Bertz CT molecular complexity index is 2320. The lowest BCUT2D eigenvalue weighted by Crippen LogP contribution is -2.59. The number of alkyl halides is 8. The number of ether oxygens (including phenoxy) is 1. The van der Waals surface area contributed by atoms with Gasteiger partial charge in [0, 0.05) is 83.0 Å². The molecule has 4 aliphatic heterocycles. The molecule has 5 N–H and O–H groups in total. The summed E-state index contributed by atoms with van der Waals surface area (Å²) in [6.45, 7) is 14.6. The monoisotopic (exact) mass is 908 g/mol. The second-order valence-corrected chi connectivity index (χ2v) is 16.3. The van der Waals surface area contributed by atoms with Gasteiger partial charge in [0.25, 0.3) is 11.8 Å². The van der Waals surface area contributed by atoms with Gasteiger partial charge in [-0.3, -0.25) is 10.6 Å². The normalized spacial score (nSPS) is 22.3. The van der Waals surface area contributed by atoms with Crippen molar-refractivity contribution in [2.45, 2.75) is 83.4 Å². The topological polar surface area (TPSA) is 174 Å². The van der Waals surface area contributed by atoms with Crippen molar-refractivity contribution in [3.63, 3.8) is 0 Å². The largest absolute Gasteiger partial charge is 0.437 e. The first-order valence-corrected chi connectivity index (χ1v) is 20.2. The van der Waals surface area contributed by atoms with Crippen LogP contribution in [0.1, 0.15) is 70.0 Å². The molecule has 3 aromatic heterocycles. The molecule has 0 radical (unpaired) electrons. The van der Waals surface area contributed by atoms with E-state index in [1.165, 1.54) is 39.2 Å². The molecular weight excluding hydrogens is 861 g/mol. The SMILES string of the molecule is C=CN=C1NC(=O)NC(C(C)(F)F)/C1=C(/C)c1cc(C(F)(F)F)cc(N2CCN[C@@H](C)C2)n1.CC(F)(F)c1cc(-c2ncnc3c2[C@@H](C(C)(C)F)OC(=O)N3)nc(N2CCNCC2)c1. The fraction of sp³-hybridized carbons (Fsp3) is 0.488. The van der Waals surface area contributed by atoms with E-state index in [1.54, 1.807) is 4.90 Å². The Morgan fingerprint density at radius 3 is 2.14 bits per heavy atom. The highest BCUT2D eigenvalue weighted by Crippen LogP contribution is 2.44. The zero-order valence-corrected chi connectivity index (χ0v) is 35.7. The molecule has 0 bridgehead atoms. The summed E-state index contributed by atoms with van der Waals surface area (Å²) in [6.07, 6.45) is -4.64. The minimum absolute atomic E-state index is 0.0187. The number of aromatic nitrogens is 4. The van der Waals surface area contributed by atoms with Crippen molar-refractivity contribution in [3.8, 4) is 11.4 Å². The summed E-state index contributed by atoms with van der Waals surface area (Å²) in [4.78, 5) is 48.5. The summed E-state index contributed by atoms with van der Waals surface area (Å²) in [5.41, 5.74) is -3.06. The summed E-state index contributed by atoms with van der Waals surface area (Å²) >= 11 is 0. The van der Waals surface area contributed by atoms with Crippen molar-refractivity contribution in [2.24, 2.45) is 4.99 Å². The molecule has 3 aromatic rings. The van der Waals surface area contributed by atoms with Crippen LogP contribution in [0.2, 0.25) is 0 Å². The summed E-state index contributed by atoms with van der Waals surface area (Å²) < 4.78 is 119. The number of nitrogens with zero attached hydrogens (tertiary/aromatic N) is 7. The molecule has 3 fully saturated rings. The molecule has 0 spiro atoms. The number of amidine groups is 1. The molecule has 4 aliphatic rings. The van der Waals surface area contributed by atoms with E-state index >= 15 is 0 Å². The zero-order chi connectivity index (χ0) is 46.9. The molecule has 7 heterocycles. The highest BCUT2D eigenvalue weighted by atomic mass is 19.4. The van der Waals surface area contributed by atoms with Gasteiger partial charge in [0.05, 0.1) is 22.5 Å². The van der Waals surface area contributed by atoms with E-state index in [4.69, 9.17) is 4.74 Å². The first kappa shape index (κ1) is 47.5. The number of cyclic esters (lactones) is 1. The second kappa shape index (κ2) is 18.3. The number of anilines is 3. The minimum atomic E-state index is -4.68. The Balaban J connectivity index is 0.000000213. The van der Waals surface area contributed by atoms with Crippen molar-refractivity contribution >= 4 is 41.0 Å². The maximum atomic E-state index is 14.9. The van der Waals surface area contributed by atoms with Crippen LogP contribution in [0.25, 0.3) is 17.0 Å². The van der Waals surface area contributed by atoms with Gasteiger partial charge in [0.1, 0.15) is 47.0 Å². The smallest absolute Gasteiger partial charge is 0.416 e. The van der Waals surface area contributed by atoms with Crippen molar-refractivity contribution in [1.82, 2.24) is 41.2 Å². The third-order valence-electron chi connectivity index (χ3n) is 10.6. The molecule has 3 saturated heterocycles. The van der Waals surface area contributed by atoms with Crippen LogP contribution in [0.5, 0.6) is 0 Å². The van der Waals surface area contributed by atoms with Gasteiger partial charge in [-0.1, -0.05) is 6.58 Å². The van der Waals surface area contributed by atoms with E-state index in [0.29, 0.717) is 58.6 Å². The van der Waals surface area contributed by atoms with Gasteiger partial charge in [0.2, 0.25) is 0 Å². The van der Waals surface area contributed by atoms with Crippen LogP contribution < -0.4 is 36.4 Å². The Morgan fingerprint density at radius 2 is 1.53 bits per heavy atom. The second-order valence-electron chi connectivity index (χ2n) is 16.3. The summed E-state index contributed by atoms with van der Waals surface area (Å²) in [5.74, 6) is -6.26. The van der Waals surface area contributed by atoms with E-state index in [9.17, 15) is 44.7 Å². The van der Waals surface area contributed by atoms with Crippen LogP contribution in [-0.2, 0) is 16.8 Å². The van der Waals surface area contributed by atoms with Crippen LogP contribution in [0.3, 0.4) is 0 Å². The first-order valence-electron chi connectivity index (χ1n) is 20.2. The van der Waals surface area contributed by atoms with Crippen molar-refractivity contribution < 1.29 is 49.4 Å². The number of hydrogen-bond acceptors (Lipinski definition) is 12. The maximum absolute atomic E-state index is 14.9. The molecule has 346 valence electrons. The third kappa shape index (κ3) is 10.9. The van der Waals surface area contributed by atoms with Crippen LogP contribution >= 0.6 is 0 Å². The van der Waals surface area contributed by atoms with Crippen LogP contribution in [0.4, 0.5) is 62.2 Å². The number of carbonyl (C=O) groups is 2. The zero-order valence-electron chi connectivity index (χ0n) is 35.7. The van der Waals surface area contributed by atoms with E-state index in [-0.39, 0.29) is 62.9 Å². The first-order chi connectivity index (χ1) is 29.8. The van der Waals surface area contributed by atoms with Crippen molar-refractivity contribution in [1.29, 1.82) is 0 Å². The number of halogens is 8. The number of allylic oxidation sites excluding steroid dienone is 1. The number of aliphatic imine (C=N–C) groups is 1. The number of pyridine rings is 2. The molecule has 0 aliphatic carbocycles. The summed E-state index contributed by atoms with van der Waals surface area (Å²) in [5, 5.41) is 13.3. The predicted molar refractivity (Wildman–Crippen MR) is 223 cm³/mol. The number of amides is 3. The van der Waals surface area contributed by atoms with Crippen LogP contribution in [-0.4, -0.2) is 107 Å². The van der Waals surface area contributed by atoms with Gasteiger partial charge in [-0.05, 0) is 57.5 Å². The molecule has 3 amide bonds. The van der Waals surface area contributed by atoms with E-state index in [1.807, 2.05) is 11.8 Å². The van der Waals surface area contributed by atoms with Gasteiger partial charge >= 0.3 is 18.3 Å². The number of rotatable bonds is 8. The summed E-state index contributed by atoms with van der Waals surface area (Å²) in [6, 6.07) is 1.64. The van der Waals surface area contributed by atoms with E-state index in [0.717, 1.165) is 25.3 Å². The lowest BCUT2D eigenvalue weighted by molar-refractivity contribution is -0.137. The standard InChI is InChI=1S/C21H25F5N6O.C20H23F3N6O2/c1-5-27-18-16(17(20(4,22)23)30-19(33)31-18)12(3)14-8-13(21(24,25)26)9-15(29-14)32-7-6-28-11(2)10-32;1-19(2,21)16-14-15(25-10-26-17(14)28-18(30)31-16)12-8-11(20(3,22)23)9-13(27-12)29-6-4-24-5-7-29/h5,8-9,11,17,28H,1,6-7,10H2,2-4H3,(H2,27,30,31,33);8-10,16,24H,4-7H2,1-3H3,(H,25,26,28,30)/b16-12+;/t11-,17?;16-/m00/s1. The Morgan fingerprint density at radius 1 is 0.875 bits per heavy atom. The maximum Gasteiger partial charge on any atom is 0.416 e. The number of piperazine rings is 2. The quantitative estimate of drug-likeness (QED) is 0.148. The lowest BCUT2D eigenvalue weighted by Gasteiger charge is -2.34. The Hall–Kier alpha value is -5.97. The van der Waals surface area contributed by atoms with Gasteiger partial charge in [0.15, 0.2) is 6.10 Å². The molecule has 1 unspecified atom stereocenters. The van der Waals surface area contributed by atoms with Crippen LogP contribution in [0, 0.1) is 0 Å². The fourth-order valence-electron chi connectivity index (χ4n) is 7.50. The molecule has 0 saturated carbocycles. The number of nitrogens with one attached hydrogen (secondary N) is 5. The van der Waals surface area contributed by atoms with Gasteiger partial charge in [-0.2, -0.15) is 13.2 Å². The molecule has 15 nitrogen and oxygen atoms in total. The minimum Gasteiger partial charge on any atom is -0.437 e. The van der Waals surface area contributed by atoms with Crippen molar-refractivity contribution in [3.05, 3.63) is 71.3 Å². The molecule has 3 atom stereocenters. The predicted octanol–water partition coefficient (Wildman–Crippen LogP) is 6.96. The lowest BCUT2D eigenvalue weighted by atomic mass is 9.92. The molecular formula is C41H48F8N12O3. The molecule has 23 heteroatoms. The number of fused-ring (bicyclic) bond motifs is 1. The highest BCUT2D eigenvalue weighted by Gasteiger charge is 2.45. The van der Waals surface area contributed by atoms with E-state index in [2.05, 4.69) is 58.1 Å². The Labute approximate surface area is 363 Å². The molecule has 64 heavy (non-hydrogen) atoms. The molecule has 0 aromatic carbocycles. The Kier molecular flexibility index (Phi) is 13.6. The number of carbonyl (C=O) groups excluding carboxylic acids is 2.